The van der Waals surface area contributed by atoms with E-state index in [-0.39, 0.29) is 23.9 Å². The second kappa shape index (κ2) is 8.09. The van der Waals surface area contributed by atoms with Gasteiger partial charge in [-0.05, 0) is 25.1 Å². The van der Waals surface area contributed by atoms with Crippen LogP contribution in [0.25, 0.3) is 5.76 Å². The summed E-state index contributed by atoms with van der Waals surface area (Å²) in [7, 11) is 0. The second-order valence-electron chi connectivity index (χ2n) is 5.51. The lowest BCUT2D eigenvalue weighted by molar-refractivity contribution is 0.0514. The van der Waals surface area contributed by atoms with Crippen LogP contribution in [0.3, 0.4) is 0 Å². The average molecular weight is 367 g/mol. The van der Waals surface area contributed by atoms with Crippen LogP contribution in [0.1, 0.15) is 39.3 Å². The Morgan fingerprint density at radius 2 is 2.19 bits per heavy atom. The van der Waals surface area contributed by atoms with E-state index in [2.05, 4.69) is 20.2 Å². The molecule has 0 aliphatic heterocycles. The van der Waals surface area contributed by atoms with Gasteiger partial charge in [0.05, 0.1) is 18.8 Å². The summed E-state index contributed by atoms with van der Waals surface area (Å²) in [4.78, 5) is 32.2. The molecule has 0 radical (unpaired) electrons. The van der Waals surface area contributed by atoms with Gasteiger partial charge < -0.3 is 14.4 Å². The zero-order valence-corrected chi connectivity index (χ0v) is 14.5. The number of aliphatic hydroxyl groups excluding tert-OH is 1. The number of hydrogen-bond acceptors (Lipinski definition) is 7. The summed E-state index contributed by atoms with van der Waals surface area (Å²) in [6, 6.07) is 6.91. The van der Waals surface area contributed by atoms with Gasteiger partial charge in [-0.15, -0.1) is 0 Å². The number of aliphatic hydroxyl groups is 1. The Morgan fingerprint density at radius 3 is 2.85 bits per heavy atom. The molecule has 2 N–H and O–H groups in total. The molecule has 0 spiro atoms. The molecule has 0 atom stereocenters. The number of aromatic amines is 1. The Morgan fingerprint density at radius 1 is 1.33 bits per heavy atom. The monoisotopic (exact) mass is 367 g/mol. The van der Waals surface area contributed by atoms with Gasteiger partial charge in [-0.1, -0.05) is 6.07 Å². The first-order valence-corrected chi connectivity index (χ1v) is 8.16. The summed E-state index contributed by atoms with van der Waals surface area (Å²) in [5, 5.41) is 16.3. The molecule has 9 heteroatoms. The van der Waals surface area contributed by atoms with Crippen LogP contribution in [-0.4, -0.2) is 48.2 Å². The number of pyridine rings is 1. The highest BCUT2D eigenvalue weighted by molar-refractivity contribution is 6.05. The molecule has 0 aromatic carbocycles. The van der Waals surface area contributed by atoms with Gasteiger partial charge >= 0.3 is 5.97 Å². The fourth-order valence-electron chi connectivity index (χ4n) is 2.42. The standard InChI is InChI=1S/C18H17N5O4/c1-2-27-18(26)14-7-12(9-23(14)10-13-5-3-4-6-19-13)15(24)8-16(25)17-20-11-21-22-17/h3-9,11,24H,2,10H2,1H3,(H,20,21,22). The Bertz CT molecular complexity index is 961. The molecular formula is C18H17N5O4. The van der Waals surface area contributed by atoms with Crippen LogP contribution in [0.15, 0.2) is 49.1 Å². The molecule has 9 nitrogen and oxygen atoms in total. The van der Waals surface area contributed by atoms with Gasteiger partial charge in [0.2, 0.25) is 5.78 Å². The lowest BCUT2D eigenvalue weighted by Crippen LogP contribution is -2.12. The van der Waals surface area contributed by atoms with Gasteiger partial charge in [-0.3, -0.25) is 14.9 Å². The summed E-state index contributed by atoms with van der Waals surface area (Å²) in [5.74, 6) is -1.38. The lowest BCUT2D eigenvalue weighted by Gasteiger charge is -2.07. The summed E-state index contributed by atoms with van der Waals surface area (Å²) < 4.78 is 6.68. The number of hydrogen-bond donors (Lipinski definition) is 2. The van der Waals surface area contributed by atoms with Crippen LogP contribution < -0.4 is 0 Å². The van der Waals surface area contributed by atoms with Crippen LogP contribution in [0.2, 0.25) is 0 Å². The maximum absolute atomic E-state index is 12.2. The van der Waals surface area contributed by atoms with Gasteiger partial charge in [-0.2, -0.15) is 5.10 Å². The number of ketones is 1. The number of rotatable bonds is 7. The topological polar surface area (TPSA) is 123 Å². The van der Waals surface area contributed by atoms with E-state index >= 15 is 0 Å². The Hall–Kier alpha value is -3.75. The van der Waals surface area contributed by atoms with E-state index in [0.29, 0.717) is 12.1 Å². The first-order chi connectivity index (χ1) is 13.1. The number of allylic oxidation sites excluding steroid dienone is 1. The van der Waals surface area contributed by atoms with Crippen molar-refractivity contribution >= 4 is 17.5 Å². The van der Waals surface area contributed by atoms with Crippen LogP contribution in [0.4, 0.5) is 0 Å². The summed E-state index contributed by atoms with van der Waals surface area (Å²) in [6.07, 6.45) is 5.41. The molecule has 3 aromatic heterocycles. The van der Waals surface area contributed by atoms with Crippen LogP contribution in [0, 0.1) is 0 Å². The zero-order valence-electron chi connectivity index (χ0n) is 14.5. The molecular weight excluding hydrogens is 350 g/mol. The number of carbonyl (C=O) groups is 2. The molecule has 27 heavy (non-hydrogen) atoms. The van der Waals surface area contributed by atoms with E-state index in [9.17, 15) is 14.7 Å². The fraction of sp³-hybridized carbons (Fsp3) is 0.167. The summed E-state index contributed by atoms with van der Waals surface area (Å²) >= 11 is 0. The highest BCUT2D eigenvalue weighted by atomic mass is 16.5. The number of H-pyrrole nitrogens is 1. The van der Waals surface area contributed by atoms with E-state index in [1.54, 1.807) is 30.0 Å². The first-order valence-electron chi connectivity index (χ1n) is 8.16. The van der Waals surface area contributed by atoms with Crippen molar-refractivity contribution in [2.75, 3.05) is 6.61 Å². The van der Waals surface area contributed by atoms with E-state index in [0.717, 1.165) is 11.8 Å². The number of carbonyl (C=O) groups excluding carboxylic acids is 2. The Kier molecular flexibility index (Phi) is 5.41. The third-order valence-electron chi connectivity index (χ3n) is 3.65. The maximum atomic E-state index is 12.2. The Labute approximate surface area is 154 Å². The van der Waals surface area contributed by atoms with Gasteiger partial charge in [-0.25, -0.2) is 9.78 Å². The Balaban J connectivity index is 1.92. The van der Waals surface area contributed by atoms with E-state index in [1.165, 1.54) is 12.4 Å². The van der Waals surface area contributed by atoms with Gasteiger partial charge in [0.25, 0.3) is 0 Å². The molecule has 138 valence electrons. The van der Waals surface area contributed by atoms with Crippen molar-refractivity contribution in [3.05, 3.63) is 71.8 Å². The normalized spacial score (nSPS) is 11.4. The van der Waals surface area contributed by atoms with Crippen molar-refractivity contribution in [1.82, 2.24) is 24.7 Å². The van der Waals surface area contributed by atoms with Gasteiger partial charge in [0.15, 0.2) is 5.82 Å². The van der Waals surface area contributed by atoms with Crippen molar-refractivity contribution < 1.29 is 19.4 Å². The number of esters is 1. The molecule has 3 aromatic rings. The summed E-state index contributed by atoms with van der Waals surface area (Å²) in [5.41, 5.74) is 1.26. The minimum Gasteiger partial charge on any atom is -0.507 e. The zero-order chi connectivity index (χ0) is 19.2. The molecule has 0 aliphatic carbocycles. The molecule has 0 saturated heterocycles. The van der Waals surface area contributed by atoms with Crippen molar-refractivity contribution in [1.29, 1.82) is 0 Å². The highest BCUT2D eigenvalue weighted by Crippen LogP contribution is 2.19. The highest BCUT2D eigenvalue weighted by Gasteiger charge is 2.18. The fourth-order valence-corrected chi connectivity index (χ4v) is 2.42. The van der Waals surface area contributed by atoms with E-state index < -0.39 is 11.8 Å². The third-order valence-corrected chi connectivity index (χ3v) is 3.65. The number of nitrogens with zero attached hydrogens (tertiary/aromatic N) is 4. The minimum absolute atomic E-state index is 0.0000781. The predicted octanol–water partition coefficient (Wildman–Crippen LogP) is 2.01. The van der Waals surface area contributed by atoms with Crippen molar-refractivity contribution in [2.24, 2.45) is 0 Å². The lowest BCUT2D eigenvalue weighted by atomic mass is 10.2. The van der Waals surface area contributed by atoms with Gasteiger partial charge in [0, 0.05) is 24.0 Å². The molecule has 0 saturated carbocycles. The van der Waals surface area contributed by atoms with Crippen LogP contribution >= 0.6 is 0 Å². The predicted molar refractivity (Wildman–Crippen MR) is 95.0 cm³/mol. The molecule has 0 unspecified atom stereocenters. The number of nitrogens with one attached hydrogen (secondary N) is 1. The minimum atomic E-state index is -0.542. The summed E-state index contributed by atoms with van der Waals surface area (Å²) in [6.45, 7) is 2.23. The third kappa shape index (κ3) is 4.27. The molecule has 0 amide bonds. The van der Waals surface area contributed by atoms with E-state index in [1.807, 2.05) is 12.1 Å². The van der Waals surface area contributed by atoms with Crippen molar-refractivity contribution in [3.8, 4) is 0 Å². The SMILES string of the molecule is CCOC(=O)c1cc(C(O)=CC(=O)c2ncn[nH]2)cn1Cc1ccccn1. The number of ether oxygens (including phenoxy) is 1. The molecule has 0 aliphatic rings. The smallest absolute Gasteiger partial charge is 0.354 e. The van der Waals surface area contributed by atoms with Crippen LogP contribution in [-0.2, 0) is 11.3 Å². The molecule has 3 heterocycles. The molecule has 0 bridgehead atoms. The largest absolute Gasteiger partial charge is 0.507 e. The van der Waals surface area contributed by atoms with Crippen LogP contribution in [0.5, 0.6) is 0 Å². The molecule has 0 fully saturated rings. The first kappa shape index (κ1) is 18.1. The molecule has 3 rings (SSSR count). The second-order valence-corrected chi connectivity index (χ2v) is 5.51. The number of aromatic nitrogens is 5. The average Bonchev–Trinajstić information content (AvgIpc) is 3.33. The quantitative estimate of drug-likeness (QED) is 0.283. The van der Waals surface area contributed by atoms with Gasteiger partial charge in [0.1, 0.15) is 17.8 Å². The maximum Gasteiger partial charge on any atom is 0.354 e. The van der Waals surface area contributed by atoms with E-state index in [4.69, 9.17) is 4.74 Å². The van der Waals surface area contributed by atoms with Crippen molar-refractivity contribution in [2.45, 2.75) is 13.5 Å². The van der Waals surface area contributed by atoms with Crippen molar-refractivity contribution in [3.63, 3.8) is 0 Å².